The molecule has 0 aliphatic carbocycles. The molecule has 0 spiro atoms. The molecular weight excluding hydrogens is 416 g/mol. The topological polar surface area (TPSA) is 110 Å². The SMILES string of the molecule is CC(C)n1nc(C(=O)NNS(=O)(=O)c2ccc(C(C)(C)C)cc2)c2ccccc2c1=O. The van der Waals surface area contributed by atoms with Crippen LogP contribution in [-0.2, 0) is 15.4 Å². The number of fused-ring (bicyclic) bond motifs is 1. The number of nitrogens with one attached hydrogen (secondary N) is 2. The van der Waals surface area contributed by atoms with Gasteiger partial charge in [-0.2, -0.15) is 5.10 Å². The van der Waals surface area contributed by atoms with Gasteiger partial charge in [0, 0.05) is 5.39 Å². The number of sulfonamides is 1. The number of benzene rings is 2. The Kier molecular flexibility index (Phi) is 6.02. The van der Waals surface area contributed by atoms with Gasteiger partial charge in [-0.1, -0.05) is 51.1 Å². The second-order valence-electron chi connectivity index (χ2n) is 8.57. The van der Waals surface area contributed by atoms with Crippen LogP contribution in [0.1, 0.15) is 56.7 Å². The van der Waals surface area contributed by atoms with Crippen molar-refractivity contribution >= 4 is 26.7 Å². The van der Waals surface area contributed by atoms with Crippen LogP contribution >= 0.6 is 0 Å². The molecule has 1 aromatic heterocycles. The average molecular weight is 443 g/mol. The number of hydrazine groups is 1. The van der Waals surface area contributed by atoms with E-state index in [9.17, 15) is 18.0 Å². The van der Waals surface area contributed by atoms with Crippen molar-refractivity contribution in [1.82, 2.24) is 20.0 Å². The lowest BCUT2D eigenvalue weighted by molar-refractivity contribution is 0.0939. The van der Waals surface area contributed by atoms with Crippen molar-refractivity contribution in [1.29, 1.82) is 0 Å². The first-order chi connectivity index (χ1) is 14.4. The van der Waals surface area contributed by atoms with Gasteiger partial charge in [-0.3, -0.25) is 15.0 Å². The van der Waals surface area contributed by atoms with Crippen LogP contribution < -0.4 is 15.8 Å². The molecule has 0 radical (unpaired) electrons. The standard InChI is InChI=1S/C22H26N4O4S/c1-14(2)26-21(28)18-9-7-6-8-17(18)19(24-26)20(27)23-25-31(29,30)16-12-10-15(11-13-16)22(3,4)5/h6-14,25H,1-5H3,(H,23,27). The molecule has 3 aromatic rings. The van der Waals surface area contributed by atoms with E-state index < -0.39 is 15.9 Å². The first-order valence-corrected chi connectivity index (χ1v) is 11.3. The molecule has 0 bridgehead atoms. The summed E-state index contributed by atoms with van der Waals surface area (Å²) in [6, 6.07) is 12.8. The van der Waals surface area contributed by atoms with E-state index in [1.807, 2.05) is 20.8 Å². The molecule has 2 N–H and O–H groups in total. The summed E-state index contributed by atoms with van der Waals surface area (Å²) in [6.45, 7) is 9.64. The maximum atomic E-state index is 12.8. The molecule has 0 unspecified atom stereocenters. The Morgan fingerprint density at radius 2 is 1.58 bits per heavy atom. The van der Waals surface area contributed by atoms with Gasteiger partial charge in [0.1, 0.15) is 0 Å². The van der Waals surface area contributed by atoms with Crippen molar-refractivity contribution in [3.05, 3.63) is 70.1 Å². The van der Waals surface area contributed by atoms with Crippen molar-refractivity contribution in [3.8, 4) is 0 Å². The number of aromatic nitrogens is 2. The van der Waals surface area contributed by atoms with Crippen LogP contribution in [0.3, 0.4) is 0 Å². The maximum Gasteiger partial charge on any atom is 0.287 e. The number of hydrogen-bond donors (Lipinski definition) is 2. The van der Waals surface area contributed by atoms with E-state index in [0.717, 1.165) is 5.56 Å². The quantitative estimate of drug-likeness (QED) is 0.591. The molecule has 0 atom stereocenters. The van der Waals surface area contributed by atoms with Gasteiger partial charge in [-0.25, -0.2) is 13.1 Å². The van der Waals surface area contributed by atoms with Crippen LogP contribution in [-0.4, -0.2) is 24.1 Å². The van der Waals surface area contributed by atoms with Gasteiger partial charge in [-0.15, -0.1) is 4.83 Å². The fourth-order valence-corrected chi connectivity index (χ4v) is 3.93. The second kappa shape index (κ2) is 8.24. The van der Waals surface area contributed by atoms with Gasteiger partial charge in [0.15, 0.2) is 5.69 Å². The van der Waals surface area contributed by atoms with Crippen molar-refractivity contribution in [2.75, 3.05) is 0 Å². The van der Waals surface area contributed by atoms with Crippen LogP contribution in [0.2, 0.25) is 0 Å². The van der Waals surface area contributed by atoms with E-state index in [0.29, 0.717) is 10.8 Å². The van der Waals surface area contributed by atoms with Crippen molar-refractivity contribution in [3.63, 3.8) is 0 Å². The largest absolute Gasteiger partial charge is 0.287 e. The van der Waals surface area contributed by atoms with Gasteiger partial charge in [-0.05, 0) is 43.0 Å². The Morgan fingerprint density at radius 3 is 2.13 bits per heavy atom. The molecule has 3 rings (SSSR count). The summed E-state index contributed by atoms with van der Waals surface area (Å²) in [4.78, 5) is 27.5. The maximum absolute atomic E-state index is 12.8. The Morgan fingerprint density at radius 1 is 1.00 bits per heavy atom. The van der Waals surface area contributed by atoms with Gasteiger partial charge >= 0.3 is 0 Å². The van der Waals surface area contributed by atoms with Crippen LogP contribution in [0.5, 0.6) is 0 Å². The number of hydrogen-bond acceptors (Lipinski definition) is 5. The smallest absolute Gasteiger partial charge is 0.272 e. The van der Waals surface area contributed by atoms with Crippen LogP contribution in [0.25, 0.3) is 10.8 Å². The first-order valence-electron chi connectivity index (χ1n) is 9.86. The highest BCUT2D eigenvalue weighted by molar-refractivity contribution is 7.89. The fourth-order valence-electron chi connectivity index (χ4n) is 3.09. The highest BCUT2D eigenvalue weighted by atomic mass is 32.2. The molecule has 1 heterocycles. The van der Waals surface area contributed by atoms with Crippen LogP contribution in [0, 0.1) is 0 Å². The monoisotopic (exact) mass is 442 g/mol. The molecule has 0 fully saturated rings. The molecule has 31 heavy (non-hydrogen) atoms. The van der Waals surface area contributed by atoms with Crippen LogP contribution in [0.15, 0.2) is 58.2 Å². The Hall–Kier alpha value is -3.04. The van der Waals surface area contributed by atoms with Crippen LogP contribution in [0.4, 0.5) is 0 Å². The zero-order chi connectivity index (χ0) is 23.0. The molecule has 1 amide bonds. The lowest BCUT2D eigenvalue weighted by Gasteiger charge is -2.19. The Labute approximate surface area is 181 Å². The molecule has 8 nitrogen and oxygen atoms in total. The number of amides is 1. The molecule has 164 valence electrons. The summed E-state index contributed by atoms with van der Waals surface area (Å²) < 4.78 is 26.4. The van der Waals surface area contributed by atoms with E-state index in [-0.39, 0.29) is 27.6 Å². The van der Waals surface area contributed by atoms with E-state index in [4.69, 9.17) is 0 Å². The van der Waals surface area contributed by atoms with Gasteiger partial charge in [0.25, 0.3) is 21.5 Å². The minimum atomic E-state index is -3.99. The molecular formula is C22H26N4O4S. The molecule has 9 heteroatoms. The number of carbonyl (C=O) groups is 1. The van der Waals surface area contributed by atoms with E-state index in [1.54, 1.807) is 50.2 Å². The third-order valence-electron chi connectivity index (χ3n) is 4.86. The van der Waals surface area contributed by atoms with E-state index >= 15 is 0 Å². The lowest BCUT2D eigenvalue weighted by Crippen LogP contribution is -2.42. The number of rotatable bonds is 5. The predicted molar refractivity (Wildman–Crippen MR) is 119 cm³/mol. The van der Waals surface area contributed by atoms with E-state index in [2.05, 4.69) is 15.4 Å². The molecule has 0 saturated heterocycles. The average Bonchev–Trinajstić information content (AvgIpc) is 2.72. The fraction of sp³-hybridized carbons (Fsp3) is 0.318. The minimum absolute atomic E-state index is 0.0192. The minimum Gasteiger partial charge on any atom is -0.272 e. The third kappa shape index (κ3) is 4.67. The molecule has 0 aliphatic rings. The number of nitrogens with zero attached hydrogens (tertiary/aromatic N) is 2. The molecule has 2 aromatic carbocycles. The Bertz CT molecular complexity index is 1290. The number of carbonyl (C=O) groups excluding carboxylic acids is 1. The van der Waals surface area contributed by atoms with Crippen molar-refractivity contribution in [2.24, 2.45) is 0 Å². The lowest BCUT2D eigenvalue weighted by atomic mass is 9.87. The third-order valence-corrected chi connectivity index (χ3v) is 6.13. The summed E-state index contributed by atoms with van der Waals surface area (Å²) in [5.41, 5.74) is 2.71. The summed E-state index contributed by atoms with van der Waals surface area (Å²) in [7, 11) is -3.99. The predicted octanol–water partition coefficient (Wildman–Crippen LogP) is 2.90. The van der Waals surface area contributed by atoms with Gasteiger partial charge in [0.2, 0.25) is 0 Å². The highest BCUT2D eigenvalue weighted by Crippen LogP contribution is 2.23. The van der Waals surface area contributed by atoms with Crippen molar-refractivity contribution in [2.45, 2.75) is 51.0 Å². The van der Waals surface area contributed by atoms with Gasteiger partial charge in [0.05, 0.1) is 16.3 Å². The summed E-state index contributed by atoms with van der Waals surface area (Å²) in [6.07, 6.45) is 0. The summed E-state index contributed by atoms with van der Waals surface area (Å²) >= 11 is 0. The van der Waals surface area contributed by atoms with Gasteiger partial charge < -0.3 is 0 Å². The summed E-state index contributed by atoms with van der Waals surface area (Å²) in [5.74, 6) is -0.763. The summed E-state index contributed by atoms with van der Waals surface area (Å²) in [5, 5.41) is 4.84. The Balaban J connectivity index is 1.89. The zero-order valence-corrected chi connectivity index (χ0v) is 18.9. The first kappa shape index (κ1) is 22.6. The van der Waals surface area contributed by atoms with Crippen molar-refractivity contribution < 1.29 is 13.2 Å². The molecule has 0 aliphatic heterocycles. The highest BCUT2D eigenvalue weighted by Gasteiger charge is 2.21. The second-order valence-corrected chi connectivity index (χ2v) is 10.3. The zero-order valence-electron chi connectivity index (χ0n) is 18.1. The normalized spacial score (nSPS) is 12.3. The van der Waals surface area contributed by atoms with E-state index in [1.165, 1.54) is 16.8 Å². The molecule has 0 saturated carbocycles.